The van der Waals surface area contributed by atoms with Gasteiger partial charge in [-0.05, 0) is 30.5 Å². The second kappa shape index (κ2) is 4.17. The average Bonchev–Trinajstić information content (AvgIpc) is 2.91. The summed E-state index contributed by atoms with van der Waals surface area (Å²) >= 11 is 0. The number of hydrogen-bond acceptors (Lipinski definition) is 3. The number of aromatic nitrogens is 2. The third kappa shape index (κ3) is 1.88. The van der Waals surface area contributed by atoms with Crippen LogP contribution < -0.4 is 4.90 Å². The topological polar surface area (TPSA) is 29.0 Å². The summed E-state index contributed by atoms with van der Waals surface area (Å²) < 4.78 is 0. The van der Waals surface area contributed by atoms with E-state index in [4.69, 9.17) is 0 Å². The third-order valence-corrected chi connectivity index (χ3v) is 3.22. The zero-order valence-corrected chi connectivity index (χ0v) is 9.76. The molecule has 3 nitrogen and oxygen atoms in total. The van der Waals surface area contributed by atoms with E-state index in [1.165, 1.54) is 12.8 Å². The summed E-state index contributed by atoms with van der Waals surface area (Å²) in [5, 5.41) is 1.07. The molecule has 86 valence electrons. The maximum Gasteiger partial charge on any atom is 0.225 e. The Kier molecular flexibility index (Phi) is 2.52. The summed E-state index contributed by atoms with van der Waals surface area (Å²) in [5.41, 5.74) is 2.11. The van der Waals surface area contributed by atoms with Crippen LogP contribution in [-0.4, -0.2) is 23.1 Å². The average molecular weight is 225 g/mol. The fourth-order valence-corrected chi connectivity index (χ4v) is 2.24. The Hall–Kier alpha value is -1.90. The predicted molar refractivity (Wildman–Crippen MR) is 71.1 cm³/mol. The van der Waals surface area contributed by atoms with Crippen molar-refractivity contribution >= 4 is 22.9 Å². The summed E-state index contributed by atoms with van der Waals surface area (Å²) in [7, 11) is 0. The van der Waals surface area contributed by atoms with Crippen LogP contribution in [0.1, 0.15) is 18.4 Å². The number of nitrogens with zero attached hydrogens (tertiary/aromatic N) is 3. The van der Waals surface area contributed by atoms with Crippen LogP contribution in [0.4, 0.5) is 5.95 Å². The minimum atomic E-state index is 0.862. The summed E-state index contributed by atoms with van der Waals surface area (Å²) in [5.74, 6) is 0.862. The van der Waals surface area contributed by atoms with Crippen LogP contribution in [0.25, 0.3) is 17.0 Å². The number of rotatable bonds is 2. The van der Waals surface area contributed by atoms with Crippen molar-refractivity contribution in [3.05, 3.63) is 36.5 Å². The molecule has 1 aromatic heterocycles. The molecule has 0 atom stereocenters. The van der Waals surface area contributed by atoms with E-state index < -0.39 is 0 Å². The highest BCUT2D eigenvalue weighted by atomic mass is 15.3. The Morgan fingerprint density at radius 2 is 2.06 bits per heavy atom. The van der Waals surface area contributed by atoms with Gasteiger partial charge in [0, 0.05) is 24.7 Å². The fraction of sp³-hybridized carbons (Fsp3) is 0.286. The molecule has 17 heavy (non-hydrogen) atoms. The summed E-state index contributed by atoms with van der Waals surface area (Å²) in [4.78, 5) is 11.3. The first-order valence-corrected chi connectivity index (χ1v) is 6.01. The van der Waals surface area contributed by atoms with Crippen LogP contribution in [0, 0.1) is 0 Å². The largest absolute Gasteiger partial charge is 0.341 e. The molecule has 2 aromatic rings. The Morgan fingerprint density at radius 1 is 1.24 bits per heavy atom. The number of benzene rings is 1. The molecule has 1 aliphatic rings. The highest BCUT2D eigenvalue weighted by Gasteiger charge is 2.14. The van der Waals surface area contributed by atoms with Gasteiger partial charge in [0.1, 0.15) is 0 Å². The lowest BCUT2D eigenvalue weighted by Crippen LogP contribution is -2.20. The molecule has 0 N–H and O–H groups in total. The summed E-state index contributed by atoms with van der Waals surface area (Å²) in [6.45, 7) is 5.93. The molecule has 0 unspecified atom stereocenters. The monoisotopic (exact) mass is 225 g/mol. The minimum absolute atomic E-state index is 0.862. The molecule has 0 aliphatic carbocycles. The van der Waals surface area contributed by atoms with Gasteiger partial charge < -0.3 is 4.90 Å². The zero-order valence-electron chi connectivity index (χ0n) is 9.76. The normalized spacial score (nSPS) is 15.4. The van der Waals surface area contributed by atoms with Crippen molar-refractivity contribution < 1.29 is 0 Å². The van der Waals surface area contributed by atoms with Crippen molar-refractivity contribution in [2.45, 2.75) is 12.8 Å². The number of anilines is 1. The molecule has 0 amide bonds. The summed E-state index contributed by atoms with van der Waals surface area (Å²) in [6.07, 6.45) is 6.24. The molecule has 1 saturated heterocycles. The van der Waals surface area contributed by atoms with Crippen molar-refractivity contribution in [1.82, 2.24) is 9.97 Å². The Balaban J connectivity index is 2.03. The van der Waals surface area contributed by atoms with Crippen LogP contribution >= 0.6 is 0 Å². The second-order valence-corrected chi connectivity index (χ2v) is 4.39. The molecule has 1 aliphatic heterocycles. The first-order valence-electron chi connectivity index (χ1n) is 6.01. The van der Waals surface area contributed by atoms with Crippen LogP contribution in [-0.2, 0) is 0 Å². The van der Waals surface area contributed by atoms with Crippen LogP contribution in [0.2, 0.25) is 0 Å². The zero-order chi connectivity index (χ0) is 11.7. The van der Waals surface area contributed by atoms with Crippen LogP contribution in [0.3, 0.4) is 0 Å². The van der Waals surface area contributed by atoms with Crippen LogP contribution in [0.5, 0.6) is 0 Å². The first-order chi connectivity index (χ1) is 8.36. The molecule has 2 heterocycles. The molecule has 3 heteroatoms. The smallest absolute Gasteiger partial charge is 0.225 e. The van der Waals surface area contributed by atoms with E-state index >= 15 is 0 Å². The lowest BCUT2D eigenvalue weighted by molar-refractivity contribution is 0.907. The van der Waals surface area contributed by atoms with E-state index in [2.05, 4.69) is 27.5 Å². The Bertz CT molecular complexity index is 556. The van der Waals surface area contributed by atoms with Crippen molar-refractivity contribution in [2.24, 2.45) is 0 Å². The highest BCUT2D eigenvalue weighted by Crippen LogP contribution is 2.20. The van der Waals surface area contributed by atoms with Gasteiger partial charge in [-0.3, -0.25) is 0 Å². The highest BCUT2D eigenvalue weighted by molar-refractivity contribution is 5.81. The molecule has 3 rings (SSSR count). The molecule has 0 saturated carbocycles. The van der Waals surface area contributed by atoms with Gasteiger partial charge in [-0.25, -0.2) is 9.97 Å². The van der Waals surface area contributed by atoms with E-state index in [9.17, 15) is 0 Å². The van der Waals surface area contributed by atoms with Crippen molar-refractivity contribution in [1.29, 1.82) is 0 Å². The quantitative estimate of drug-likeness (QED) is 0.787. The number of hydrogen-bond donors (Lipinski definition) is 0. The second-order valence-electron chi connectivity index (χ2n) is 4.39. The van der Waals surface area contributed by atoms with E-state index in [1.54, 1.807) is 0 Å². The SMILES string of the molecule is C=Cc1ccc2nc(N3CCCC3)ncc2c1. The van der Waals surface area contributed by atoms with Crippen LogP contribution in [0.15, 0.2) is 31.0 Å². The Labute approximate surface area is 101 Å². The predicted octanol–water partition coefficient (Wildman–Crippen LogP) is 2.87. The third-order valence-electron chi connectivity index (χ3n) is 3.22. The van der Waals surface area contributed by atoms with Gasteiger partial charge in [-0.15, -0.1) is 0 Å². The first kappa shape index (κ1) is 10.3. The van der Waals surface area contributed by atoms with E-state index in [0.717, 1.165) is 35.5 Å². The molecule has 0 bridgehead atoms. The van der Waals surface area contributed by atoms with Gasteiger partial charge >= 0.3 is 0 Å². The maximum atomic E-state index is 4.61. The molecule has 1 fully saturated rings. The lowest BCUT2D eigenvalue weighted by Gasteiger charge is -2.14. The maximum absolute atomic E-state index is 4.61. The Morgan fingerprint density at radius 3 is 2.82 bits per heavy atom. The molecule has 0 spiro atoms. The van der Waals surface area contributed by atoms with Gasteiger partial charge in [0.2, 0.25) is 5.95 Å². The molecule has 1 aromatic carbocycles. The molecular formula is C14H15N3. The van der Waals surface area contributed by atoms with Crippen molar-refractivity contribution in [3.63, 3.8) is 0 Å². The van der Waals surface area contributed by atoms with Gasteiger partial charge in [0.25, 0.3) is 0 Å². The van der Waals surface area contributed by atoms with Gasteiger partial charge in [-0.2, -0.15) is 0 Å². The molecule has 0 radical (unpaired) electrons. The van der Waals surface area contributed by atoms with Crippen molar-refractivity contribution in [3.8, 4) is 0 Å². The van der Waals surface area contributed by atoms with Crippen molar-refractivity contribution in [2.75, 3.05) is 18.0 Å². The number of fused-ring (bicyclic) bond motifs is 1. The van der Waals surface area contributed by atoms with E-state index in [-0.39, 0.29) is 0 Å². The van der Waals surface area contributed by atoms with Gasteiger partial charge in [0.05, 0.1) is 5.52 Å². The van der Waals surface area contributed by atoms with Gasteiger partial charge in [0.15, 0.2) is 0 Å². The van der Waals surface area contributed by atoms with E-state index in [1.807, 2.05) is 24.4 Å². The summed E-state index contributed by atoms with van der Waals surface area (Å²) in [6, 6.07) is 6.14. The minimum Gasteiger partial charge on any atom is -0.341 e. The molecular weight excluding hydrogens is 210 g/mol. The van der Waals surface area contributed by atoms with Gasteiger partial charge in [-0.1, -0.05) is 18.7 Å². The lowest BCUT2D eigenvalue weighted by atomic mass is 10.1. The standard InChI is InChI=1S/C14H15N3/c1-2-11-5-6-13-12(9-11)10-15-14(16-13)17-7-3-4-8-17/h2,5-6,9-10H,1,3-4,7-8H2. The van der Waals surface area contributed by atoms with E-state index in [0.29, 0.717) is 0 Å². The fourth-order valence-electron chi connectivity index (χ4n) is 2.24.